The molecule has 0 fully saturated rings. The number of carbonyl (C=O) groups excluding carboxylic acids is 1. The molecule has 0 unspecified atom stereocenters. The van der Waals surface area contributed by atoms with Gasteiger partial charge in [0.1, 0.15) is 16.8 Å². The molecule has 0 atom stereocenters. The predicted octanol–water partition coefficient (Wildman–Crippen LogP) is 4.41. The van der Waals surface area contributed by atoms with Gasteiger partial charge in [0.15, 0.2) is 0 Å². The van der Waals surface area contributed by atoms with Gasteiger partial charge < -0.3 is 10.1 Å². The first-order valence-electron chi connectivity index (χ1n) is 7.42. The average Bonchev–Trinajstić information content (AvgIpc) is 3.09. The third kappa shape index (κ3) is 3.05. The van der Waals surface area contributed by atoms with E-state index in [2.05, 4.69) is 11.4 Å². The van der Waals surface area contributed by atoms with Crippen LogP contribution >= 0.6 is 22.9 Å². The van der Waals surface area contributed by atoms with Crippen LogP contribution in [-0.2, 0) is 12.8 Å². The second-order valence-corrected chi connectivity index (χ2v) is 6.72. The Hall–Kier alpha value is -2.03. The van der Waals surface area contributed by atoms with Gasteiger partial charge in [-0.05, 0) is 49.9 Å². The molecule has 1 heterocycles. The Kier molecular flexibility index (Phi) is 4.56. The number of aryl methyl sites for hydroxylation is 1. The number of rotatable bonds is 4. The van der Waals surface area contributed by atoms with Crippen LogP contribution < -0.4 is 10.1 Å². The van der Waals surface area contributed by atoms with Crippen LogP contribution in [0.25, 0.3) is 0 Å². The van der Waals surface area contributed by atoms with E-state index in [4.69, 9.17) is 16.3 Å². The fourth-order valence-electron chi connectivity index (χ4n) is 2.70. The number of ether oxygens (including phenoxy) is 1. The molecular formula is C17H15ClN2O2S. The first kappa shape index (κ1) is 15.9. The summed E-state index contributed by atoms with van der Waals surface area (Å²) >= 11 is 7.62. The lowest BCUT2D eigenvalue weighted by Gasteiger charge is -2.08. The molecule has 0 spiro atoms. The zero-order valence-corrected chi connectivity index (χ0v) is 14.2. The molecule has 0 bridgehead atoms. The third-order valence-corrected chi connectivity index (χ3v) is 5.26. The first-order chi connectivity index (χ1) is 11.1. The van der Waals surface area contributed by atoms with Gasteiger partial charge in [0.25, 0.3) is 5.91 Å². The molecular weight excluding hydrogens is 332 g/mol. The molecule has 0 aliphatic heterocycles. The van der Waals surface area contributed by atoms with Crippen LogP contribution in [0.5, 0.6) is 5.75 Å². The van der Waals surface area contributed by atoms with Crippen molar-refractivity contribution in [3.63, 3.8) is 0 Å². The van der Waals surface area contributed by atoms with Crippen molar-refractivity contribution in [3.8, 4) is 11.8 Å². The van der Waals surface area contributed by atoms with E-state index in [0.717, 1.165) is 24.8 Å². The minimum atomic E-state index is -0.272. The maximum Gasteiger partial charge on any atom is 0.256 e. The number of nitrogens with one attached hydrogen (secondary N) is 1. The van der Waals surface area contributed by atoms with E-state index >= 15 is 0 Å². The van der Waals surface area contributed by atoms with Crippen LogP contribution in [0.3, 0.4) is 0 Å². The first-order valence-corrected chi connectivity index (χ1v) is 8.61. The molecule has 6 heteroatoms. The van der Waals surface area contributed by atoms with E-state index < -0.39 is 0 Å². The van der Waals surface area contributed by atoms with E-state index in [9.17, 15) is 10.1 Å². The summed E-state index contributed by atoms with van der Waals surface area (Å²) in [5, 5.41) is 13.2. The molecule has 23 heavy (non-hydrogen) atoms. The number of thiophene rings is 1. The third-order valence-electron chi connectivity index (χ3n) is 3.75. The Morgan fingerprint density at radius 3 is 3.00 bits per heavy atom. The lowest BCUT2D eigenvalue weighted by atomic mass is 10.1. The predicted molar refractivity (Wildman–Crippen MR) is 91.6 cm³/mol. The van der Waals surface area contributed by atoms with Crippen molar-refractivity contribution in [2.24, 2.45) is 0 Å². The van der Waals surface area contributed by atoms with Crippen molar-refractivity contribution < 1.29 is 9.53 Å². The van der Waals surface area contributed by atoms with Crippen LogP contribution in [0.1, 0.15) is 39.7 Å². The number of hydrogen-bond acceptors (Lipinski definition) is 4. The molecule has 4 nitrogen and oxygen atoms in total. The van der Waals surface area contributed by atoms with Gasteiger partial charge in [-0.15, -0.1) is 11.3 Å². The van der Waals surface area contributed by atoms with Crippen molar-refractivity contribution >= 4 is 33.8 Å². The molecule has 0 radical (unpaired) electrons. The monoisotopic (exact) mass is 346 g/mol. The summed E-state index contributed by atoms with van der Waals surface area (Å²) in [7, 11) is 0. The van der Waals surface area contributed by atoms with Crippen LogP contribution in [0.4, 0.5) is 5.00 Å². The summed E-state index contributed by atoms with van der Waals surface area (Å²) in [5.74, 6) is 0.282. The van der Waals surface area contributed by atoms with Crippen molar-refractivity contribution in [2.75, 3.05) is 11.9 Å². The number of fused-ring (bicyclic) bond motifs is 1. The van der Waals surface area contributed by atoms with Crippen molar-refractivity contribution in [3.05, 3.63) is 44.8 Å². The number of nitriles is 1. The minimum Gasteiger partial charge on any atom is -0.492 e. The molecule has 3 rings (SSSR count). The highest BCUT2D eigenvalue weighted by Gasteiger charge is 2.23. The molecule has 1 aliphatic rings. The van der Waals surface area contributed by atoms with Crippen molar-refractivity contribution in [2.45, 2.75) is 26.2 Å². The maximum atomic E-state index is 12.4. The van der Waals surface area contributed by atoms with E-state index in [0.29, 0.717) is 33.5 Å². The number of nitrogens with zero attached hydrogens (tertiary/aromatic N) is 1. The largest absolute Gasteiger partial charge is 0.492 e. The van der Waals surface area contributed by atoms with Crippen LogP contribution in [0, 0.1) is 11.3 Å². The zero-order chi connectivity index (χ0) is 16.4. The average molecular weight is 347 g/mol. The Labute approximate surface area is 143 Å². The summed E-state index contributed by atoms with van der Waals surface area (Å²) in [4.78, 5) is 13.6. The minimum absolute atomic E-state index is 0.272. The van der Waals surface area contributed by atoms with E-state index in [1.807, 2.05) is 6.92 Å². The number of amides is 1. The topological polar surface area (TPSA) is 62.1 Å². The SMILES string of the molecule is CCOc1ccc(C(=O)Nc2sc3c(c2C#N)CCC3)cc1Cl. The van der Waals surface area contributed by atoms with Gasteiger partial charge in [-0.25, -0.2) is 0 Å². The Morgan fingerprint density at radius 1 is 1.48 bits per heavy atom. The molecule has 1 aromatic heterocycles. The Balaban J connectivity index is 1.83. The van der Waals surface area contributed by atoms with Gasteiger partial charge in [-0.3, -0.25) is 4.79 Å². The highest BCUT2D eigenvalue weighted by molar-refractivity contribution is 7.16. The van der Waals surface area contributed by atoms with Gasteiger partial charge >= 0.3 is 0 Å². The van der Waals surface area contributed by atoms with Gasteiger partial charge in [0.05, 0.1) is 17.2 Å². The molecule has 1 N–H and O–H groups in total. The summed E-state index contributed by atoms with van der Waals surface area (Å²) in [6, 6.07) is 7.15. The molecule has 1 amide bonds. The van der Waals surface area contributed by atoms with Crippen molar-refractivity contribution in [1.82, 2.24) is 0 Å². The summed E-state index contributed by atoms with van der Waals surface area (Å²) in [6.45, 7) is 2.38. The maximum absolute atomic E-state index is 12.4. The summed E-state index contributed by atoms with van der Waals surface area (Å²) in [6.07, 6.45) is 2.98. The fraction of sp³-hybridized carbons (Fsp3) is 0.294. The second-order valence-electron chi connectivity index (χ2n) is 5.21. The fourth-order valence-corrected chi connectivity index (χ4v) is 4.17. The molecule has 118 valence electrons. The lowest BCUT2D eigenvalue weighted by Crippen LogP contribution is -2.12. The van der Waals surface area contributed by atoms with E-state index in [-0.39, 0.29) is 5.91 Å². The number of anilines is 1. The quantitative estimate of drug-likeness (QED) is 0.891. The highest BCUT2D eigenvalue weighted by Crippen LogP contribution is 2.38. The van der Waals surface area contributed by atoms with Gasteiger partial charge in [-0.1, -0.05) is 11.6 Å². The molecule has 0 saturated heterocycles. The van der Waals surface area contributed by atoms with Crippen molar-refractivity contribution in [1.29, 1.82) is 5.26 Å². The number of hydrogen-bond donors (Lipinski definition) is 1. The smallest absolute Gasteiger partial charge is 0.256 e. The van der Waals surface area contributed by atoms with E-state index in [1.54, 1.807) is 18.2 Å². The molecule has 1 aromatic carbocycles. The van der Waals surface area contributed by atoms with Gasteiger partial charge in [0.2, 0.25) is 0 Å². The number of halogens is 1. The molecule has 0 saturated carbocycles. The molecule has 2 aromatic rings. The van der Waals surface area contributed by atoms with Gasteiger partial charge in [0, 0.05) is 10.4 Å². The number of benzene rings is 1. The lowest BCUT2D eigenvalue weighted by molar-refractivity contribution is 0.102. The Bertz CT molecular complexity index is 808. The zero-order valence-electron chi connectivity index (χ0n) is 12.6. The van der Waals surface area contributed by atoms with Crippen LogP contribution in [-0.4, -0.2) is 12.5 Å². The van der Waals surface area contributed by atoms with Crippen LogP contribution in [0.15, 0.2) is 18.2 Å². The second kappa shape index (κ2) is 6.61. The normalized spacial score (nSPS) is 12.6. The standard InChI is InChI=1S/C17H15ClN2O2S/c1-2-22-14-7-6-10(8-13(14)18)16(21)20-17-12(9-19)11-4-3-5-15(11)23-17/h6-8H,2-5H2,1H3,(H,20,21). The summed E-state index contributed by atoms with van der Waals surface area (Å²) in [5.41, 5.74) is 2.14. The van der Waals surface area contributed by atoms with E-state index in [1.165, 1.54) is 16.2 Å². The highest BCUT2D eigenvalue weighted by atomic mass is 35.5. The van der Waals surface area contributed by atoms with Crippen LogP contribution in [0.2, 0.25) is 5.02 Å². The summed E-state index contributed by atoms with van der Waals surface area (Å²) < 4.78 is 5.36. The molecule has 1 aliphatic carbocycles. The number of carbonyl (C=O) groups is 1. The van der Waals surface area contributed by atoms with Gasteiger partial charge in [-0.2, -0.15) is 5.26 Å². The Morgan fingerprint density at radius 2 is 2.30 bits per heavy atom.